The average molecular weight is 156 g/mol. The van der Waals surface area contributed by atoms with Crippen molar-refractivity contribution in [1.29, 1.82) is 0 Å². The molecule has 0 aromatic rings. The molecule has 0 aromatic heterocycles. The smallest absolute Gasteiger partial charge is 0.0600 e. The lowest BCUT2D eigenvalue weighted by Crippen LogP contribution is -2.16. The molecule has 0 amide bonds. The van der Waals surface area contributed by atoms with Crippen molar-refractivity contribution < 1.29 is 5.11 Å². The molecule has 0 radical (unpaired) electrons. The SMILES string of the molecule is C=CC[C@H](O)[C@@H](C)CCCC. The maximum Gasteiger partial charge on any atom is 0.0600 e. The Balaban J connectivity index is 3.45. The van der Waals surface area contributed by atoms with E-state index in [2.05, 4.69) is 20.4 Å². The highest BCUT2D eigenvalue weighted by Crippen LogP contribution is 2.14. The molecule has 0 heterocycles. The van der Waals surface area contributed by atoms with Gasteiger partial charge in [-0.3, -0.25) is 0 Å². The first-order chi connectivity index (χ1) is 5.22. The quantitative estimate of drug-likeness (QED) is 0.586. The second kappa shape index (κ2) is 6.41. The van der Waals surface area contributed by atoms with Crippen LogP contribution in [0.25, 0.3) is 0 Å². The Hall–Kier alpha value is -0.300. The van der Waals surface area contributed by atoms with Gasteiger partial charge in [-0.15, -0.1) is 6.58 Å². The van der Waals surface area contributed by atoms with E-state index in [1.165, 1.54) is 12.8 Å². The fourth-order valence-corrected chi connectivity index (χ4v) is 1.12. The van der Waals surface area contributed by atoms with Gasteiger partial charge in [0.05, 0.1) is 6.10 Å². The summed E-state index contributed by atoms with van der Waals surface area (Å²) in [6.07, 6.45) is 5.89. The predicted molar refractivity (Wildman–Crippen MR) is 49.5 cm³/mol. The van der Waals surface area contributed by atoms with Gasteiger partial charge in [0.15, 0.2) is 0 Å². The molecule has 0 aliphatic rings. The molecular weight excluding hydrogens is 136 g/mol. The van der Waals surface area contributed by atoms with Crippen molar-refractivity contribution in [2.75, 3.05) is 0 Å². The van der Waals surface area contributed by atoms with Gasteiger partial charge in [-0.2, -0.15) is 0 Å². The molecule has 0 aliphatic heterocycles. The number of hydrogen-bond donors (Lipinski definition) is 1. The molecule has 0 aliphatic carbocycles. The van der Waals surface area contributed by atoms with Crippen LogP contribution in [0.1, 0.15) is 39.5 Å². The maximum absolute atomic E-state index is 9.47. The average Bonchev–Trinajstić information content (AvgIpc) is 2.00. The van der Waals surface area contributed by atoms with Crippen LogP contribution < -0.4 is 0 Å². The second-order valence-electron chi connectivity index (χ2n) is 3.21. The fourth-order valence-electron chi connectivity index (χ4n) is 1.12. The van der Waals surface area contributed by atoms with Crippen molar-refractivity contribution in [3.63, 3.8) is 0 Å². The maximum atomic E-state index is 9.47. The van der Waals surface area contributed by atoms with E-state index in [1.807, 2.05) is 0 Å². The molecular formula is C10H20O. The first-order valence-corrected chi connectivity index (χ1v) is 4.51. The Bertz CT molecular complexity index is 99.0. The number of aliphatic hydroxyl groups excluding tert-OH is 1. The third kappa shape index (κ3) is 5.02. The Morgan fingerprint density at radius 1 is 1.55 bits per heavy atom. The molecule has 0 rings (SSSR count). The van der Waals surface area contributed by atoms with Crippen molar-refractivity contribution in [2.24, 2.45) is 5.92 Å². The standard InChI is InChI=1S/C10H20O/c1-4-6-8-9(3)10(11)7-5-2/h5,9-11H,2,4,6-8H2,1,3H3/t9-,10-/m0/s1. The van der Waals surface area contributed by atoms with E-state index in [1.54, 1.807) is 6.08 Å². The van der Waals surface area contributed by atoms with Crippen LogP contribution in [-0.2, 0) is 0 Å². The van der Waals surface area contributed by atoms with Crippen LogP contribution in [-0.4, -0.2) is 11.2 Å². The van der Waals surface area contributed by atoms with Gasteiger partial charge < -0.3 is 5.11 Å². The molecule has 0 fully saturated rings. The monoisotopic (exact) mass is 156 g/mol. The van der Waals surface area contributed by atoms with Gasteiger partial charge in [0, 0.05) is 0 Å². The molecule has 11 heavy (non-hydrogen) atoms. The van der Waals surface area contributed by atoms with E-state index < -0.39 is 0 Å². The molecule has 1 N–H and O–H groups in total. The van der Waals surface area contributed by atoms with Gasteiger partial charge in [-0.1, -0.05) is 32.8 Å². The van der Waals surface area contributed by atoms with Gasteiger partial charge >= 0.3 is 0 Å². The summed E-state index contributed by atoms with van der Waals surface area (Å²) in [7, 11) is 0. The number of hydrogen-bond acceptors (Lipinski definition) is 1. The highest BCUT2D eigenvalue weighted by molar-refractivity contribution is 4.75. The summed E-state index contributed by atoms with van der Waals surface area (Å²) in [5, 5.41) is 9.47. The van der Waals surface area contributed by atoms with E-state index in [0.717, 1.165) is 12.8 Å². The zero-order chi connectivity index (χ0) is 8.69. The van der Waals surface area contributed by atoms with Crippen molar-refractivity contribution in [2.45, 2.75) is 45.6 Å². The van der Waals surface area contributed by atoms with Crippen molar-refractivity contribution >= 4 is 0 Å². The van der Waals surface area contributed by atoms with E-state index in [9.17, 15) is 5.11 Å². The summed E-state index contributed by atoms with van der Waals surface area (Å²) in [6.45, 7) is 7.88. The number of aliphatic hydroxyl groups is 1. The zero-order valence-electron chi connectivity index (χ0n) is 7.71. The van der Waals surface area contributed by atoms with E-state index in [-0.39, 0.29) is 6.10 Å². The Labute approximate surface area is 70.1 Å². The summed E-state index contributed by atoms with van der Waals surface area (Å²) in [6, 6.07) is 0. The summed E-state index contributed by atoms with van der Waals surface area (Å²) in [5.74, 6) is 0.424. The minimum Gasteiger partial charge on any atom is -0.393 e. The van der Waals surface area contributed by atoms with Crippen LogP contribution in [0, 0.1) is 5.92 Å². The Morgan fingerprint density at radius 3 is 2.64 bits per heavy atom. The minimum absolute atomic E-state index is 0.181. The molecule has 0 saturated carbocycles. The molecule has 0 saturated heterocycles. The van der Waals surface area contributed by atoms with Crippen molar-refractivity contribution in [1.82, 2.24) is 0 Å². The first kappa shape index (κ1) is 10.7. The van der Waals surface area contributed by atoms with Crippen LogP contribution in [0.2, 0.25) is 0 Å². The lowest BCUT2D eigenvalue weighted by molar-refractivity contribution is 0.113. The van der Waals surface area contributed by atoms with E-state index in [4.69, 9.17) is 0 Å². The van der Waals surface area contributed by atoms with Crippen molar-refractivity contribution in [3.05, 3.63) is 12.7 Å². The van der Waals surface area contributed by atoms with Crippen LogP contribution >= 0.6 is 0 Å². The Kier molecular flexibility index (Phi) is 6.24. The number of unbranched alkanes of at least 4 members (excludes halogenated alkanes) is 1. The van der Waals surface area contributed by atoms with Crippen molar-refractivity contribution in [3.8, 4) is 0 Å². The molecule has 0 bridgehead atoms. The molecule has 2 atom stereocenters. The second-order valence-corrected chi connectivity index (χ2v) is 3.21. The normalized spacial score (nSPS) is 15.9. The molecule has 1 heteroatoms. The molecule has 66 valence electrons. The minimum atomic E-state index is -0.181. The fraction of sp³-hybridized carbons (Fsp3) is 0.800. The zero-order valence-corrected chi connectivity index (χ0v) is 7.71. The highest BCUT2D eigenvalue weighted by Gasteiger charge is 2.10. The van der Waals surface area contributed by atoms with Gasteiger partial charge in [-0.25, -0.2) is 0 Å². The first-order valence-electron chi connectivity index (χ1n) is 4.51. The lowest BCUT2D eigenvalue weighted by Gasteiger charge is -2.16. The molecule has 0 spiro atoms. The van der Waals surface area contributed by atoms with Gasteiger partial charge in [0.1, 0.15) is 0 Å². The van der Waals surface area contributed by atoms with Crippen LogP contribution in [0.15, 0.2) is 12.7 Å². The van der Waals surface area contributed by atoms with E-state index in [0.29, 0.717) is 5.92 Å². The van der Waals surface area contributed by atoms with Crippen LogP contribution in [0.4, 0.5) is 0 Å². The van der Waals surface area contributed by atoms with Gasteiger partial charge in [-0.05, 0) is 18.8 Å². The molecule has 1 nitrogen and oxygen atoms in total. The van der Waals surface area contributed by atoms with E-state index >= 15 is 0 Å². The predicted octanol–water partition coefficient (Wildman–Crippen LogP) is 2.75. The summed E-state index contributed by atoms with van der Waals surface area (Å²) >= 11 is 0. The highest BCUT2D eigenvalue weighted by atomic mass is 16.3. The largest absolute Gasteiger partial charge is 0.393 e. The van der Waals surface area contributed by atoms with Crippen LogP contribution in [0.5, 0.6) is 0 Å². The number of rotatable bonds is 6. The third-order valence-electron chi connectivity index (χ3n) is 2.08. The summed E-state index contributed by atoms with van der Waals surface area (Å²) in [4.78, 5) is 0. The molecule has 0 unspecified atom stereocenters. The van der Waals surface area contributed by atoms with Crippen LogP contribution in [0.3, 0.4) is 0 Å². The summed E-state index contributed by atoms with van der Waals surface area (Å²) < 4.78 is 0. The third-order valence-corrected chi connectivity index (χ3v) is 2.08. The lowest BCUT2D eigenvalue weighted by atomic mass is 9.96. The Morgan fingerprint density at radius 2 is 2.18 bits per heavy atom. The van der Waals surface area contributed by atoms with Gasteiger partial charge in [0.25, 0.3) is 0 Å². The molecule has 0 aromatic carbocycles. The topological polar surface area (TPSA) is 20.2 Å². The summed E-state index contributed by atoms with van der Waals surface area (Å²) in [5.41, 5.74) is 0. The van der Waals surface area contributed by atoms with Gasteiger partial charge in [0.2, 0.25) is 0 Å².